The fourth-order valence-electron chi connectivity index (χ4n) is 2.58. The zero-order valence-corrected chi connectivity index (χ0v) is 12.5. The number of benzene rings is 1. The summed E-state index contributed by atoms with van der Waals surface area (Å²) >= 11 is 0. The molecule has 1 saturated heterocycles. The van der Waals surface area contributed by atoms with Crippen molar-refractivity contribution >= 4 is 11.8 Å². The number of rotatable bonds is 5. The second kappa shape index (κ2) is 7.78. The normalized spacial score (nSPS) is 15.8. The Balaban J connectivity index is 1.74. The minimum Gasteiger partial charge on any atom is -0.352 e. The minimum absolute atomic E-state index is 0.0207. The molecule has 1 aliphatic heterocycles. The highest BCUT2D eigenvalue weighted by Crippen LogP contribution is 2.17. The Hall–Kier alpha value is -1.88. The molecule has 1 aliphatic rings. The van der Waals surface area contributed by atoms with E-state index < -0.39 is 0 Å². The van der Waals surface area contributed by atoms with E-state index in [1.165, 1.54) is 0 Å². The lowest BCUT2D eigenvalue weighted by atomic mass is 9.95. The highest BCUT2D eigenvalue weighted by Gasteiger charge is 2.26. The smallest absolute Gasteiger partial charge is 0.236 e. The Bertz CT molecular complexity index is 468. The third-order valence-corrected chi connectivity index (χ3v) is 3.86. The number of likely N-dealkylation sites (N-methyl/N-ethyl adjacent to an activating group) is 1. The highest BCUT2D eigenvalue weighted by molar-refractivity contribution is 5.80. The molecule has 0 saturated carbocycles. The van der Waals surface area contributed by atoms with Crippen LogP contribution in [0, 0.1) is 5.92 Å². The van der Waals surface area contributed by atoms with Crippen LogP contribution in [0.4, 0.5) is 0 Å². The van der Waals surface area contributed by atoms with Gasteiger partial charge in [0.25, 0.3) is 0 Å². The molecule has 5 heteroatoms. The number of piperidine rings is 1. The monoisotopic (exact) mass is 289 g/mol. The topological polar surface area (TPSA) is 61.4 Å². The predicted octanol–water partition coefficient (Wildman–Crippen LogP) is 0.761. The summed E-state index contributed by atoms with van der Waals surface area (Å²) in [6, 6.07) is 9.89. The Morgan fingerprint density at radius 1 is 1.19 bits per heavy atom. The summed E-state index contributed by atoms with van der Waals surface area (Å²) in [4.78, 5) is 25.7. The number of nitrogens with zero attached hydrogens (tertiary/aromatic N) is 1. The fourth-order valence-corrected chi connectivity index (χ4v) is 2.58. The Labute approximate surface area is 125 Å². The van der Waals surface area contributed by atoms with Crippen LogP contribution in [0.15, 0.2) is 30.3 Å². The molecule has 0 bridgehead atoms. The molecule has 0 aliphatic carbocycles. The van der Waals surface area contributed by atoms with Gasteiger partial charge >= 0.3 is 0 Å². The molecule has 2 amide bonds. The summed E-state index contributed by atoms with van der Waals surface area (Å²) < 4.78 is 0. The van der Waals surface area contributed by atoms with Gasteiger partial charge in [0.15, 0.2) is 0 Å². The number of amides is 2. The average molecular weight is 289 g/mol. The van der Waals surface area contributed by atoms with E-state index in [4.69, 9.17) is 0 Å². The van der Waals surface area contributed by atoms with Crippen molar-refractivity contribution in [3.8, 4) is 0 Å². The standard InChI is InChI=1S/C16H23N3O2/c1-17-12-15(20)19-9-7-14(8-10-19)16(21)18-11-13-5-3-2-4-6-13/h2-6,14,17H,7-12H2,1H3,(H,18,21). The van der Waals surface area contributed by atoms with Crippen molar-refractivity contribution in [2.75, 3.05) is 26.7 Å². The largest absolute Gasteiger partial charge is 0.352 e. The van der Waals surface area contributed by atoms with Crippen molar-refractivity contribution in [3.05, 3.63) is 35.9 Å². The first-order valence-corrected chi connectivity index (χ1v) is 7.44. The van der Waals surface area contributed by atoms with Gasteiger partial charge in [-0.2, -0.15) is 0 Å². The van der Waals surface area contributed by atoms with E-state index in [1.807, 2.05) is 35.2 Å². The molecule has 1 aromatic rings. The molecule has 0 atom stereocenters. The van der Waals surface area contributed by atoms with Crippen molar-refractivity contribution in [2.24, 2.45) is 5.92 Å². The molecule has 0 unspecified atom stereocenters. The number of hydrogen-bond acceptors (Lipinski definition) is 3. The molecule has 0 radical (unpaired) electrons. The highest BCUT2D eigenvalue weighted by atomic mass is 16.2. The molecule has 0 spiro atoms. The molecule has 0 aromatic heterocycles. The Kier molecular flexibility index (Phi) is 5.75. The van der Waals surface area contributed by atoms with Gasteiger partial charge in [-0.15, -0.1) is 0 Å². The Morgan fingerprint density at radius 2 is 1.86 bits per heavy atom. The van der Waals surface area contributed by atoms with Gasteiger partial charge in [-0.05, 0) is 25.5 Å². The van der Waals surface area contributed by atoms with Gasteiger partial charge in [0.2, 0.25) is 11.8 Å². The maximum absolute atomic E-state index is 12.1. The second-order valence-electron chi connectivity index (χ2n) is 5.39. The number of nitrogens with one attached hydrogen (secondary N) is 2. The third-order valence-electron chi connectivity index (χ3n) is 3.86. The lowest BCUT2D eigenvalue weighted by molar-refractivity contribution is -0.134. The predicted molar refractivity (Wildman–Crippen MR) is 81.5 cm³/mol. The maximum atomic E-state index is 12.1. The van der Waals surface area contributed by atoms with Crippen LogP contribution in [0.3, 0.4) is 0 Å². The van der Waals surface area contributed by atoms with Gasteiger partial charge < -0.3 is 15.5 Å². The maximum Gasteiger partial charge on any atom is 0.236 e. The van der Waals surface area contributed by atoms with Crippen LogP contribution in [0.25, 0.3) is 0 Å². The number of likely N-dealkylation sites (tertiary alicyclic amines) is 1. The molecule has 21 heavy (non-hydrogen) atoms. The molecule has 1 aromatic carbocycles. The zero-order chi connectivity index (χ0) is 15.1. The van der Waals surface area contributed by atoms with Gasteiger partial charge in [-0.3, -0.25) is 9.59 Å². The van der Waals surface area contributed by atoms with Crippen LogP contribution in [0.1, 0.15) is 18.4 Å². The van der Waals surface area contributed by atoms with E-state index >= 15 is 0 Å². The van der Waals surface area contributed by atoms with Crippen molar-refractivity contribution in [1.82, 2.24) is 15.5 Å². The lowest BCUT2D eigenvalue weighted by Gasteiger charge is -2.31. The number of carbonyl (C=O) groups is 2. The van der Waals surface area contributed by atoms with E-state index in [2.05, 4.69) is 10.6 Å². The molecule has 5 nitrogen and oxygen atoms in total. The van der Waals surface area contributed by atoms with Gasteiger partial charge in [-0.1, -0.05) is 30.3 Å². The summed E-state index contributed by atoms with van der Waals surface area (Å²) in [5, 5.41) is 5.85. The minimum atomic E-state index is 0.0207. The van der Waals surface area contributed by atoms with E-state index in [9.17, 15) is 9.59 Å². The van der Waals surface area contributed by atoms with Crippen molar-refractivity contribution in [2.45, 2.75) is 19.4 Å². The van der Waals surface area contributed by atoms with Crippen molar-refractivity contribution < 1.29 is 9.59 Å². The fraction of sp³-hybridized carbons (Fsp3) is 0.500. The van der Waals surface area contributed by atoms with Crippen LogP contribution in [0.5, 0.6) is 0 Å². The SMILES string of the molecule is CNCC(=O)N1CCC(C(=O)NCc2ccccc2)CC1. The molecular formula is C16H23N3O2. The van der Waals surface area contributed by atoms with Crippen LogP contribution in [-0.4, -0.2) is 43.4 Å². The molecular weight excluding hydrogens is 266 g/mol. The van der Waals surface area contributed by atoms with Crippen LogP contribution in [-0.2, 0) is 16.1 Å². The molecule has 2 rings (SSSR count). The van der Waals surface area contributed by atoms with Gasteiger partial charge in [0, 0.05) is 25.6 Å². The molecule has 1 heterocycles. The van der Waals surface area contributed by atoms with Crippen LogP contribution in [0.2, 0.25) is 0 Å². The summed E-state index contributed by atoms with van der Waals surface area (Å²) in [7, 11) is 1.77. The Morgan fingerprint density at radius 3 is 2.48 bits per heavy atom. The van der Waals surface area contributed by atoms with Gasteiger partial charge in [-0.25, -0.2) is 0 Å². The third kappa shape index (κ3) is 4.56. The van der Waals surface area contributed by atoms with Gasteiger partial charge in [0.1, 0.15) is 0 Å². The average Bonchev–Trinajstić information content (AvgIpc) is 2.54. The lowest BCUT2D eigenvalue weighted by Crippen LogP contribution is -2.45. The molecule has 1 fully saturated rings. The zero-order valence-electron chi connectivity index (χ0n) is 12.5. The number of hydrogen-bond donors (Lipinski definition) is 2. The first-order valence-electron chi connectivity index (χ1n) is 7.44. The van der Waals surface area contributed by atoms with E-state index in [0.717, 1.165) is 18.4 Å². The summed E-state index contributed by atoms with van der Waals surface area (Å²) in [5.74, 6) is 0.229. The summed E-state index contributed by atoms with van der Waals surface area (Å²) in [5.41, 5.74) is 1.10. The van der Waals surface area contributed by atoms with E-state index in [1.54, 1.807) is 7.05 Å². The first-order chi connectivity index (χ1) is 10.2. The van der Waals surface area contributed by atoms with E-state index in [-0.39, 0.29) is 17.7 Å². The van der Waals surface area contributed by atoms with Crippen molar-refractivity contribution in [1.29, 1.82) is 0 Å². The van der Waals surface area contributed by atoms with E-state index in [0.29, 0.717) is 26.2 Å². The van der Waals surface area contributed by atoms with Crippen molar-refractivity contribution in [3.63, 3.8) is 0 Å². The van der Waals surface area contributed by atoms with Crippen LogP contribution >= 0.6 is 0 Å². The molecule has 2 N–H and O–H groups in total. The first kappa shape index (κ1) is 15.5. The summed E-state index contributed by atoms with van der Waals surface area (Å²) in [6.07, 6.45) is 1.49. The molecule has 114 valence electrons. The quantitative estimate of drug-likeness (QED) is 0.841. The van der Waals surface area contributed by atoms with Gasteiger partial charge in [0.05, 0.1) is 6.54 Å². The number of carbonyl (C=O) groups excluding carboxylic acids is 2. The van der Waals surface area contributed by atoms with Crippen LogP contribution < -0.4 is 10.6 Å². The second-order valence-corrected chi connectivity index (χ2v) is 5.39. The summed E-state index contributed by atoms with van der Waals surface area (Å²) in [6.45, 7) is 2.28.